The summed E-state index contributed by atoms with van der Waals surface area (Å²) in [4.78, 5) is 16.7. The molecule has 1 heterocycles. The van der Waals surface area contributed by atoms with Gasteiger partial charge in [-0.1, -0.05) is 47.5 Å². The Labute approximate surface area is 146 Å². The normalized spacial score (nSPS) is 10.5. The molecular weight excluding hydrogens is 320 g/mol. The van der Waals surface area contributed by atoms with Gasteiger partial charge in [-0.3, -0.25) is 9.78 Å². The molecule has 0 aliphatic carbocycles. The van der Waals surface area contributed by atoms with Gasteiger partial charge in [-0.15, -0.1) is 0 Å². The van der Waals surface area contributed by atoms with E-state index in [2.05, 4.69) is 42.3 Å². The number of carbonyl (C=O) groups excluding carboxylic acids is 1. The topological polar surface area (TPSA) is 42.0 Å². The Balaban J connectivity index is 1.80. The number of carbonyl (C=O) groups is 1. The fourth-order valence-electron chi connectivity index (χ4n) is 2.57. The van der Waals surface area contributed by atoms with Gasteiger partial charge in [0, 0.05) is 5.56 Å². The quantitative estimate of drug-likeness (QED) is 0.707. The first-order valence-corrected chi connectivity index (χ1v) is 8.02. The maximum absolute atomic E-state index is 12.3. The van der Waals surface area contributed by atoms with E-state index in [1.807, 2.05) is 12.1 Å². The number of anilines is 1. The van der Waals surface area contributed by atoms with Crippen molar-refractivity contribution in [3.8, 4) is 11.3 Å². The van der Waals surface area contributed by atoms with Gasteiger partial charge in [-0.25, -0.2) is 0 Å². The van der Waals surface area contributed by atoms with Crippen molar-refractivity contribution in [2.75, 3.05) is 5.32 Å². The molecule has 3 rings (SSSR count). The Morgan fingerprint density at radius 3 is 2.50 bits per heavy atom. The summed E-state index contributed by atoms with van der Waals surface area (Å²) >= 11 is 6.04. The van der Waals surface area contributed by atoms with E-state index in [0.29, 0.717) is 16.3 Å². The van der Waals surface area contributed by atoms with E-state index in [1.165, 1.54) is 11.1 Å². The van der Waals surface area contributed by atoms with E-state index in [0.717, 1.165) is 11.3 Å². The highest BCUT2D eigenvalue weighted by molar-refractivity contribution is 6.34. The van der Waals surface area contributed by atoms with E-state index in [4.69, 9.17) is 11.6 Å². The van der Waals surface area contributed by atoms with Gasteiger partial charge in [0.25, 0.3) is 5.91 Å². The van der Waals surface area contributed by atoms with Gasteiger partial charge in [-0.2, -0.15) is 0 Å². The number of pyridine rings is 1. The molecule has 0 radical (unpaired) electrons. The molecule has 0 spiro atoms. The molecule has 0 aliphatic rings. The van der Waals surface area contributed by atoms with Crippen molar-refractivity contribution in [2.24, 2.45) is 0 Å². The number of aryl methyl sites for hydroxylation is 2. The van der Waals surface area contributed by atoms with E-state index in [-0.39, 0.29) is 5.91 Å². The first-order valence-electron chi connectivity index (χ1n) is 7.64. The predicted molar refractivity (Wildman–Crippen MR) is 98.6 cm³/mol. The Hall–Kier alpha value is -2.65. The molecule has 0 fully saturated rings. The number of hydrogen-bond donors (Lipinski definition) is 1. The molecule has 0 saturated carbocycles. The van der Waals surface area contributed by atoms with E-state index < -0.39 is 0 Å². The Morgan fingerprint density at radius 2 is 1.83 bits per heavy atom. The van der Waals surface area contributed by atoms with Crippen LogP contribution in [0.1, 0.15) is 21.5 Å². The van der Waals surface area contributed by atoms with Crippen molar-refractivity contribution < 1.29 is 4.79 Å². The Kier molecular flexibility index (Phi) is 4.63. The second-order valence-electron chi connectivity index (χ2n) is 5.68. The summed E-state index contributed by atoms with van der Waals surface area (Å²) < 4.78 is 0. The van der Waals surface area contributed by atoms with Crippen molar-refractivity contribution in [2.45, 2.75) is 13.8 Å². The molecule has 120 valence electrons. The number of aromatic nitrogens is 1. The average Bonchev–Trinajstić information content (AvgIpc) is 2.56. The van der Waals surface area contributed by atoms with Gasteiger partial charge < -0.3 is 5.32 Å². The second kappa shape index (κ2) is 6.85. The summed E-state index contributed by atoms with van der Waals surface area (Å²) in [5.41, 5.74) is 5.44. The summed E-state index contributed by atoms with van der Waals surface area (Å²) in [6.45, 7) is 4.13. The third kappa shape index (κ3) is 3.47. The maximum Gasteiger partial charge on any atom is 0.257 e. The van der Waals surface area contributed by atoms with E-state index in [9.17, 15) is 4.79 Å². The van der Waals surface area contributed by atoms with Crippen LogP contribution >= 0.6 is 11.6 Å². The number of amides is 1. The largest absolute Gasteiger partial charge is 0.321 e. The van der Waals surface area contributed by atoms with Gasteiger partial charge in [0.1, 0.15) is 0 Å². The summed E-state index contributed by atoms with van der Waals surface area (Å²) in [7, 11) is 0. The van der Waals surface area contributed by atoms with Crippen molar-refractivity contribution in [3.63, 3.8) is 0 Å². The lowest BCUT2D eigenvalue weighted by Gasteiger charge is -2.09. The molecule has 0 atom stereocenters. The zero-order valence-electron chi connectivity index (χ0n) is 13.5. The van der Waals surface area contributed by atoms with Gasteiger partial charge in [-0.05, 0) is 43.7 Å². The van der Waals surface area contributed by atoms with Crippen LogP contribution < -0.4 is 5.32 Å². The van der Waals surface area contributed by atoms with Crippen LogP contribution in [0.3, 0.4) is 0 Å². The van der Waals surface area contributed by atoms with Crippen LogP contribution in [-0.4, -0.2) is 10.9 Å². The van der Waals surface area contributed by atoms with Gasteiger partial charge in [0.15, 0.2) is 0 Å². The molecule has 1 amide bonds. The molecular formula is C20H17ClN2O. The summed E-state index contributed by atoms with van der Waals surface area (Å²) in [6.07, 6.45) is 1.66. The first kappa shape index (κ1) is 16.2. The highest BCUT2D eigenvalue weighted by atomic mass is 35.5. The minimum atomic E-state index is -0.248. The molecule has 1 aromatic heterocycles. The maximum atomic E-state index is 12.3. The molecule has 0 aliphatic heterocycles. The molecule has 24 heavy (non-hydrogen) atoms. The Morgan fingerprint density at radius 1 is 1.04 bits per heavy atom. The average molecular weight is 337 g/mol. The van der Waals surface area contributed by atoms with Crippen LogP contribution in [0.25, 0.3) is 11.3 Å². The van der Waals surface area contributed by atoms with Gasteiger partial charge in [0.05, 0.1) is 28.2 Å². The predicted octanol–water partition coefficient (Wildman–Crippen LogP) is 5.27. The molecule has 0 bridgehead atoms. The highest BCUT2D eigenvalue weighted by Gasteiger charge is 2.10. The lowest BCUT2D eigenvalue weighted by atomic mass is 10.0. The molecule has 4 heteroatoms. The first-order chi connectivity index (χ1) is 11.5. The molecule has 1 N–H and O–H groups in total. The Bertz CT molecular complexity index is 888. The molecule has 2 aromatic carbocycles. The zero-order chi connectivity index (χ0) is 17.1. The minimum absolute atomic E-state index is 0.248. The van der Waals surface area contributed by atoms with E-state index >= 15 is 0 Å². The van der Waals surface area contributed by atoms with Crippen LogP contribution in [0, 0.1) is 13.8 Å². The van der Waals surface area contributed by atoms with Gasteiger partial charge >= 0.3 is 0 Å². The van der Waals surface area contributed by atoms with Crippen LogP contribution in [-0.2, 0) is 0 Å². The summed E-state index contributed by atoms with van der Waals surface area (Å²) in [5.74, 6) is -0.248. The van der Waals surface area contributed by atoms with Crippen LogP contribution in [0.15, 0.2) is 60.8 Å². The third-order valence-corrected chi connectivity index (χ3v) is 4.13. The SMILES string of the molecule is Cc1ccc(-c2ccc(NC(=O)c3ccccc3Cl)cn2)c(C)c1. The molecule has 3 nitrogen and oxygen atoms in total. The molecule has 0 unspecified atom stereocenters. The van der Waals surface area contributed by atoms with Crippen LogP contribution in [0.2, 0.25) is 5.02 Å². The fourth-order valence-corrected chi connectivity index (χ4v) is 2.79. The fraction of sp³-hybridized carbons (Fsp3) is 0.100. The number of halogens is 1. The van der Waals surface area contributed by atoms with Crippen molar-refractivity contribution in [1.29, 1.82) is 0 Å². The third-order valence-electron chi connectivity index (χ3n) is 3.80. The summed E-state index contributed by atoms with van der Waals surface area (Å²) in [5, 5.41) is 3.24. The second-order valence-corrected chi connectivity index (χ2v) is 6.09. The molecule has 3 aromatic rings. The number of nitrogens with zero attached hydrogens (tertiary/aromatic N) is 1. The minimum Gasteiger partial charge on any atom is -0.321 e. The lowest BCUT2D eigenvalue weighted by molar-refractivity contribution is 0.102. The highest BCUT2D eigenvalue weighted by Crippen LogP contribution is 2.24. The van der Waals surface area contributed by atoms with Crippen molar-refractivity contribution in [1.82, 2.24) is 4.98 Å². The molecule has 0 saturated heterocycles. The number of hydrogen-bond acceptors (Lipinski definition) is 2. The van der Waals surface area contributed by atoms with Crippen LogP contribution in [0.4, 0.5) is 5.69 Å². The van der Waals surface area contributed by atoms with Gasteiger partial charge in [0.2, 0.25) is 0 Å². The number of benzene rings is 2. The number of nitrogens with one attached hydrogen (secondary N) is 1. The standard InChI is InChI=1S/C20H17ClN2O/c1-13-7-9-16(14(2)11-13)19-10-8-15(12-22-19)23-20(24)17-5-3-4-6-18(17)21/h3-12H,1-2H3,(H,23,24). The smallest absolute Gasteiger partial charge is 0.257 e. The van der Waals surface area contributed by atoms with Crippen molar-refractivity contribution in [3.05, 3.63) is 82.5 Å². The lowest BCUT2D eigenvalue weighted by Crippen LogP contribution is -2.12. The van der Waals surface area contributed by atoms with Crippen LogP contribution in [0.5, 0.6) is 0 Å². The zero-order valence-corrected chi connectivity index (χ0v) is 14.3. The summed E-state index contributed by atoms with van der Waals surface area (Å²) in [6, 6.07) is 17.0. The van der Waals surface area contributed by atoms with E-state index in [1.54, 1.807) is 30.5 Å². The van der Waals surface area contributed by atoms with Crippen molar-refractivity contribution >= 4 is 23.2 Å². The monoisotopic (exact) mass is 336 g/mol. The number of rotatable bonds is 3.